The molecule has 0 radical (unpaired) electrons. The molecule has 0 aromatic carbocycles. The van der Waals surface area contributed by atoms with Crippen molar-refractivity contribution in [1.29, 1.82) is 0 Å². The van der Waals surface area contributed by atoms with Gasteiger partial charge in [0.1, 0.15) is 5.56 Å². The molecular formula is C15H19N3O2. The molecule has 1 saturated carbocycles. The number of fused-ring (bicyclic) bond motifs is 1. The Morgan fingerprint density at radius 2 is 2.30 bits per heavy atom. The summed E-state index contributed by atoms with van der Waals surface area (Å²) in [6.07, 6.45) is 7.31. The Hall–Kier alpha value is -1.88. The van der Waals surface area contributed by atoms with Crippen LogP contribution >= 0.6 is 0 Å². The van der Waals surface area contributed by atoms with Crippen LogP contribution in [0, 0.1) is 6.92 Å². The van der Waals surface area contributed by atoms with Crippen molar-refractivity contribution in [2.45, 2.75) is 45.2 Å². The molecule has 2 heterocycles. The summed E-state index contributed by atoms with van der Waals surface area (Å²) in [5, 5.41) is 12.9. The second kappa shape index (κ2) is 4.59. The molecule has 5 nitrogen and oxygen atoms in total. The smallest absolute Gasteiger partial charge is 0.339 e. The van der Waals surface area contributed by atoms with Crippen LogP contribution in [0.2, 0.25) is 0 Å². The molecule has 20 heavy (non-hydrogen) atoms. The maximum absolute atomic E-state index is 11.4. The van der Waals surface area contributed by atoms with Gasteiger partial charge >= 0.3 is 5.97 Å². The molecule has 2 aromatic heterocycles. The van der Waals surface area contributed by atoms with Crippen LogP contribution in [0.15, 0.2) is 18.5 Å². The molecule has 5 heteroatoms. The van der Waals surface area contributed by atoms with E-state index in [4.69, 9.17) is 0 Å². The lowest BCUT2D eigenvalue weighted by Gasteiger charge is -2.39. The van der Waals surface area contributed by atoms with Gasteiger partial charge in [0.05, 0.1) is 0 Å². The fourth-order valence-corrected chi connectivity index (χ4v) is 2.71. The lowest BCUT2D eigenvalue weighted by atomic mass is 9.78. The number of imidazole rings is 1. The van der Waals surface area contributed by atoms with E-state index in [1.54, 1.807) is 12.3 Å². The lowest BCUT2D eigenvalue weighted by molar-refractivity contribution is 0.0698. The molecule has 106 valence electrons. The molecule has 1 aliphatic carbocycles. The molecule has 2 N–H and O–H groups in total. The number of nitrogens with zero attached hydrogens (tertiary/aromatic N) is 2. The van der Waals surface area contributed by atoms with Gasteiger partial charge in [-0.2, -0.15) is 0 Å². The summed E-state index contributed by atoms with van der Waals surface area (Å²) in [6, 6.07) is 1.72. The first-order valence-electron chi connectivity index (χ1n) is 6.93. The van der Waals surface area contributed by atoms with Crippen molar-refractivity contribution >= 4 is 11.6 Å². The first kappa shape index (κ1) is 13.1. The van der Waals surface area contributed by atoms with Crippen LogP contribution in [0.4, 0.5) is 0 Å². The van der Waals surface area contributed by atoms with Crippen LogP contribution in [-0.4, -0.2) is 26.0 Å². The van der Waals surface area contributed by atoms with Gasteiger partial charge in [-0.1, -0.05) is 0 Å². The number of aromatic carboxylic acids is 1. The van der Waals surface area contributed by atoms with Crippen molar-refractivity contribution in [3.05, 3.63) is 35.3 Å². The second-order valence-corrected chi connectivity index (χ2v) is 5.93. The van der Waals surface area contributed by atoms with Gasteiger partial charge in [0.2, 0.25) is 0 Å². The van der Waals surface area contributed by atoms with Crippen LogP contribution in [0.1, 0.15) is 47.8 Å². The minimum Gasteiger partial charge on any atom is -0.478 e. The summed E-state index contributed by atoms with van der Waals surface area (Å²) < 4.78 is 1.85. The third-order valence-electron chi connectivity index (χ3n) is 4.25. The van der Waals surface area contributed by atoms with Crippen LogP contribution in [0.25, 0.3) is 5.65 Å². The predicted molar refractivity (Wildman–Crippen MR) is 76.0 cm³/mol. The van der Waals surface area contributed by atoms with Crippen molar-refractivity contribution in [2.24, 2.45) is 0 Å². The topological polar surface area (TPSA) is 66.6 Å². The number of rotatable bonds is 4. The van der Waals surface area contributed by atoms with Crippen LogP contribution in [-0.2, 0) is 6.54 Å². The molecule has 0 atom stereocenters. The van der Waals surface area contributed by atoms with E-state index in [0.29, 0.717) is 12.2 Å². The summed E-state index contributed by atoms with van der Waals surface area (Å²) in [5.74, 6) is -0.933. The number of carbonyl (C=O) groups is 1. The van der Waals surface area contributed by atoms with Crippen molar-refractivity contribution < 1.29 is 9.90 Å². The van der Waals surface area contributed by atoms with Gasteiger partial charge < -0.3 is 14.8 Å². The minimum atomic E-state index is -0.933. The Balaban J connectivity index is 1.94. The van der Waals surface area contributed by atoms with E-state index in [1.807, 2.05) is 17.5 Å². The minimum absolute atomic E-state index is 0.211. The summed E-state index contributed by atoms with van der Waals surface area (Å²) in [5.41, 5.74) is 2.90. The largest absolute Gasteiger partial charge is 0.478 e. The van der Waals surface area contributed by atoms with Gasteiger partial charge in [-0.25, -0.2) is 9.78 Å². The van der Waals surface area contributed by atoms with Gasteiger partial charge in [0, 0.05) is 30.2 Å². The highest BCUT2D eigenvalue weighted by Gasteiger charge is 2.30. The Morgan fingerprint density at radius 3 is 2.90 bits per heavy atom. The molecule has 1 fully saturated rings. The average Bonchev–Trinajstić information content (AvgIpc) is 2.75. The zero-order valence-electron chi connectivity index (χ0n) is 11.8. The lowest BCUT2D eigenvalue weighted by Crippen LogP contribution is -2.47. The zero-order chi connectivity index (χ0) is 14.3. The standard InChI is InChI=1S/C15H19N3O2/c1-10-7-16-13-12(14(19)20)6-11(9-18(10)13)8-17-15(2)4-3-5-15/h6-7,9,17H,3-5,8H2,1-2H3,(H,19,20). The molecule has 0 spiro atoms. The molecule has 3 rings (SSSR count). The predicted octanol–water partition coefficient (Wildman–Crippen LogP) is 2.37. The van der Waals surface area contributed by atoms with Crippen molar-refractivity contribution in [3.8, 4) is 0 Å². The van der Waals surface area contributed by atoms with Gasteiger partial charge in [0.25, 0.3) is 0 Å². The van der Waals surface area contributed by atoms with E-state index < -0.39 is 5.97 Å². The molecule has 1 aliphatic rings. The van der Waals surface area contributed by atoms with Crippen molar-refractivity contribution in [2.75, 3.05) is 0 Å². The maximum Gasteiger partial charge on any atom is 0.339 e. The normalized spacial score (nSPS) is 17.1. The van der Waals surface area contributed by atoms with E-state index in [-0.39, 0.29) is 11.1 Å². The van der Waals surface area contributed by atoms with Gasteiger partial charge in [-0.05, 0) is 44.7 Å². The fourth-order valence-electron chi connectivity index (χ4n) is 2.71. The molecule has 0 aliphatic heterocycles. The number of hydrogen-bond acceptors (Lipinski definition) is 3. The Labute approximate surface area is 117 Å². The molecule has 0 bridgehead atoms. The van der Waals surface area contributed by atoms with E-state index in [9.17, 15) is 9.90 Å². The Morgan fingerprint density at radius 1 is 1.55 bits per heavy atom. The summed E-state index contributed by atoms with van der Waals surface area (Å²) >= 11 is 0. The van der Waals surface area contributed by atoms with Crippen LogP contribution < -0.4 is 5.32 Å². The van der Waals surface area contributed by atoms with Crippen molar-refractivity contribution in [3.63, 3.8) is 0 Å². The van der Waals surface area contributed by atoms with E-state index in [1.165, 1.54) is 19.3 Å². The number of carboxylic acids is 1. The average molecular weight is 273 g/mol. The molecule has 0 saturated heterocycles. The van der Waals surface area contributed by atoms with Crippen molar-refractivity contribution in [1.82, 2.24) is 14.7 Å². The molecule has 2 aromatic rings. The summed E-state index contributed by atoms with van der Waals surface area (Å²) in [4.78, 5) is 15.5. The zero-order valence-corrected chi connectivity index (χ0v) is 11.8. The van der Waals surface area contributed by atoms with Gasteiger partial charge in [-0.3, -0.25) is 0 Å². The van der Waals surface area contributed by atoms with Crippen LogP contribution in [0.5, 0.6) is 0 Å². The number of nitrogens with one attached hydrogen (secondary N) is 1. The quantitative estimate of drug-likeness (QED) is 0.897. The second-order valence-electron chi connectivity index (χ2n) is 5.93. The summed E-state index contributed by atoms with van der Waals surface area (Å²) in [6.45, 7) is 4.83. The SMILES string of the molecule is Cc1cnc2c(C(=O)O)cc(CNC3(C)CCC3)cn12. The Kier molecular flexibility index (Phi) is 3.01. The van der Waals surface area contributed by atoms with Crippen LogP contribution in [0.3, 0.4) is 0 Å². The monoisotopic (exact) mass is 273 g/mol. The van der Waals surface area contributed by atoms with E-state index >= 15 is 0 Å². The van der Waals surface area contributed by atoms with E-state index in [2.05, 4.69) is 17.2 Å². The third-order valence-corrected chi connectivity index (χ3v) is 4.25. The maximum atomic E-state index is 11.4. The highest BCUT2D eigenvalue weighted by atomic mass is 16.4. The number of hydrogen-bond donors (Lipinski definition) is 2. The molecular weight excluding hydrogens is 254 g/mol. The van der Waals surface area contributed by atoms with Gasteiger partial charge in [0.15, 0.2) is 5.65 Å². The number of aryl methyl sites for hydroxylation is 1. The summed E-state index contributed by atoms with van der Waals surface area (Å²) in [7, 11) is 0. The number of aromatic nitrogens is 2. The number of carboxylic acid groups (broad SMARTS) is 1. The third kappa shape index (κ3) is 2.18. The molecule has 0 unspecified atom stereocenters. The fraction of sp³-hybridized carbons (Fsp3) is 0.467. The first-order valence-corrected chi connectivity index (χ1v) is 6.93. The first-order chi connectivity index (χ1) is 9.48. The highest BCUT2D eigenvalue weighted by molar-refractivity contribution is 5.94. The van der Waals surface area contributed by atoms with Gasteiger partial charge in [-0.15, -0.1) is 0 Å². The Bertz CT molecular complexity index is 671. The van der Waals surface area contributed by atoms with E-state index in [0.717, 1.165) is 11.3 Å². The number of pyridine rings is 1. The molecule has 0 amide bonds. The highest BCUT2D eigenvalue weighted by Crippen LogP contribution is 2.31.